The Balaban J connectivity index is 0.000000292. The van der Waals surface area contributed by atoms with Gasteiger partial charge in [-0.25, -0.2) is 10.2 Å². The Bertz CT molecular complexity index is 235. The molecule has 0 spiro atoms. The van der Waals surface area contributed by atoms with Gasteiger partial charge in [0, 0.05) is 5.69 Å². The lowest BCUT2D eigenvalue weighted by atomic mass is 10.2. The molecule has 0 aliphatic carbocycles. The Morgan fingerprint density at radius 1 is 1.55 bits per heavy atom. The molecule has 0 amide bonds. The molecular weight excluding hydrogens is 140 g/mol. The van der Waals surface area contributed by atoms with Crippen molar-refractivity contribution in [1.29, 1.82) is 5.41 Å². The number of hydrogen-bond acceptors (Lipinski definition) is 3. The summed E-state index contributed by atoms with van der Waals surface area (Å²) in [6.07, 6.45) is 0.750. The highest BCUT2D eigenvalue weighted by Crippen LogP contribution is 2.03. The number of anilines is 1. The van der Waals surface area contributed by atoms with E-state index in [9.17, 15) is 0 Å². The second-order valence-corrected chi connectivity index (χ2v) is 2.02. The number of aryl methyl sites for hydroxylation is 1. The van der Waals surface area contributed by atoms with Crippen LogP contribution >= 0.6 is 0 Å². The molecule has 1 aromatic carbocycles. The first-order chi connectivity index (χ1) is 5.20. The van der Waals surface area contributed by atoms with Gasteiger partial charge in [-0.1, -0.05) is 12.1 Å². The lowest BCUT2D eigenvalue weighted by Crippen LogP contribution is -1.82. The topological polar surface area (TPSA) is 66.9 Å². The first-order valence-electron chi connectivity index (χ1n) is 3.06. The Morgan fingerprint density at radius 2 is 2.09 bits per heavy atom. The van der Waals surface area contributed by atoms with Gasteiger partial charge in [-0.15, -0.1) is 0 Å². The molecule has 0 unspecified atom stereocenters. The normalized spacial score (nSPS) is 7.36. The van der Waals surface area contributed by atoms with E-state index in [4.69, 9.17) is 15.9 Å². The van der Waals surface area contributed by atoms with Crippen LogP contribution in [-0.4, -0.2) is 6.08 Å². The minimum absolute atomic E-state index is 0.750. The summed E-state index contributed by atoms with van der Waals surface area (Å²) in [6.45, 7) is 2.02. The molecule has 0 aliphatic heterocycles. The summed E-state index contributed by atoms with van der Waals surface area (Å²) in [6, 6.07) is 7.80. The monoisotopic (exact) mass is 150 g/mol. The molecule has 11 heavy (non-hydrogen) atoms. The first-order valence-corrected chi connectivity index (χ1v) is 3.06. The van der Waals surface area contributed by atoms with E-state index < -0.39 is 0 Å². The number of rotatable bonds is 0. The van der Waals surface area contributed by atoms with Crippen molar-refractivity contribution in [2.24, 2.45) is 0 Å². The van der Waals surface area contributed by atoms with Crippen molar-refractivity contribution in [2.45, 2.75) is 6.92 Å². The number of nitrogens with one attached hydrogen (secondary N) is 1. The predicted molar refractivity (Wildman–Crippen MR) is 44.0 cm³/mol. The van der Waals surface area contributed by atoms with Crippen molar-refractivity contribution in [2.75, 3.05) is 5.73 Å². The Morgan fingerprint density at radius 3 is 2.36 bits per heavy atom. The second-order valence-electron chi connectivity index (χ2n) is 2.02. The molecule has 0 saturated heterocycles. The van der Waals surface area contributed by atoms with E-state index in [1.54, 1.807) is 0 Å². The minimum Gasteiger partial charge on any atom is -0.399 e. The third-order valence-corrected chi connectivity index (χ3v) is 1.04. The zero-order valence-electron chi connectivity index (χ0n) is 6.29. The molecule has 1 aromatic rings. The van der Waals surface area contributed by atoms with Gasteiger partial charge >= 0.3 is 0 Å². The highest BCUT2D eigenvalue weighted by molar-refractivity contribution is 5.39. The summed E-state index contributed by atoms with van der Waals surface area (Å²) in [5.74, 6) is 0. The van der Waals surface area contributed by atoms with Crippen LogP contribution in [0.2, 0.25) is 0 Å². The molecule has 0 heterocycles. The second kappa shape index (κ2) is 5.21. The highest BCUT2D eigenvalue weighted by atomic mass is 16.1. The highest BCUT2D eigenvalue weighted by Gasteiger charge is 1.81. The van der Waals surface area contributed by atoms with Crippen molar-refractivity contribution in [3.05, 3.63) is 29.8 Å². The van der Waals surface area contributed by atoms with Gasteiger partial charge in [-0.05, 0) is 24.6 Å². The summed E-state index contributed by atoms with van der Waals surface area (Å²) >= 11 is 0. The zero-order valence-corrected chi connectivity index (χ0v) is 6.29. The van der Waals surface area contributed by atoms with Crippen LogP contribution < -0.4 is 5.73 Å². The maximum atomic E-state index is 8.35. The van der Waals surface area contributed by atoms with Gasteiger partial charge < -0.3 is 5.73 Å². The first kappa shape index (κ1) is 9.40. The van der Waals surface area contributed by atoms with Gasteiger partial charge in [0.2, 0.25) is 6.08 Å². The minimum atomic E-state index is 0.750. The van der Waals surface area contributed by atoms with Gasteiger partial charge in [0.25, 0.3) is 0 Å². The number of nitrogens with two attached hydrogens (primary N) is 1. The van der Waals surface area contributed by atoms with Crippen molar-refractivity contribution in [3.8, 4) is 0 Å². The summed E-state index contributed by atoms with van der Waals surface area (Å²) in [5.41, 5.74) is 7.51. The predicted octanol–water partition coefficient (Wildman–Crippen LogP) is 1.48. The number of carbonyl (C=O) groups excluding carboxylic acids is 1. The summed E-state index contributed by atoms with van der Waals surface area (Å²) < 4.78 is 0. The van der Waals surface area contributed by atoms with Crippen LogP contribution in [0.4, 0.5) is 5.69 Å². The van der Waals surface area contributed by atoms with E-state index in [2.05, 4.69) is 0 Å². The van der Waals surface area contributed by atoms with Gasteiger partial charge in [0.1, 0.15) is 0 Å². The summed E-state index contributed by atoms with van der Waals surface area (Å²) in [4.78, 5) is 8.35. The van der Waals surface area contributed by atoms with Crippen molar-refractivity contribution in [3.63, 3.8) is 0 Å². The number of nitrogen functional groups attached to an aromatic ring is 1. The molecule has 0 aliphatic rings. The average Bonchev–Trinajstić information content (AvgIpc) is 1.88. The van der Waals surface area contributed by atoms with Crippen molar-refractivity contribution >= 4 is 11.8 Å². The number of isocyanates is 1. The Labute approximate surface area is 65.4 Å². The molecule has 0 atom stereocenters. The van der Waals surface area contributed by atoms with Crippen LogP contribution in [0.5, 0.6) is 0 Å². The van der Waals surface area contributed by atoms with Gasteiger partial charge in [0.15, 0.2) is 0 Å². The Kier molecular flexibility index (Phi) is 4.45. The van der Waals surface area contributed by atoms with E-state index >= 15 is 0 Å². The van der Waals surface area contributed by atoms with Crippen LogP contribution in [0.25, 0.3) is 0 Å². The van der Waals surface area contributed by atoms with Crippen LogP contribution in [-0.2, 0) is 4.79 Å². The standard InChI is InChI=1S/C7H9N.CHNO/c1-6-3-2-4-7(8)5-6;2-1-3/h2-5H,8H2,1H3;2H. The molecule has 1 rings (SSSR count). The summed E-state index contributed by atoms with van der Waals surface area (Å²) in [5, 5.41) is 5.40. The fourth-order valence-electron chi connectivity index (χ4n) is 0.670. The van der Waals surface area contributed by atoms with Gasteiger partial charge in [0.05, 0.1) is 0 Å². The quantitative estimate of drug-likeness (QED) is 0.334. The third kappa shape index (κ3) is 4.88. The van der Waals surface area contributed by atoms with Gasteiger partial charge in [-0.3, -0.25) is 0 Å². The molecule has 0 saturated carbocycles. The molecule has 0 fully saturated rings. The van der Waals surface area contributed by atoms with Crippen LogP contribution in [0.1, 0.15) is 5.56 Å². The molecule has 0 aromatic heterocycles. The molecular formula is C8H10N2O. The maximum Gasteiger partial charge on any atom is 0.231 e. The van der Waals surface area contributed by atoms with E-state index in [1.807, 2.05) is 31.2 Å². The van der Waals surface area contributed by atoms with Crippen molar-refractivity contribution in [1.82, 2.24) is 0 Å². The maximum absolute atomic E-state index is 8.35. The van der Waals surface area contributed by atoms with Crippen molar-refractivity contribution < 1.29 is 4.79 Å². The molecule has 3 nitrogen and oxygen atoms in total. The summed E-state index contributed by atoms with van der Waals surface area (Å²) in [7, 11) is 0. The van der Waals surface area contributed by atoms with E-state index in [0.29, 0.717) is 0 Å². The lowest BCUT2D eigenvalue weighted by Gasteiger charge is -1.91. The average molecular weight is 150 g/mol. The smallest absolute Gasteiger partial charge is 0.231 e. The van der Waals surface area contributed by atoms with Crippen LogP contribution in [0.3, 0.4) is 0 Å². The zero-order chi connectivity index (χ0) is 8.69. The third-order valence-electron chi connectivity index (χ3n) is 1.04. The molecule has 3 N–H and O–H groups in total. The molecule has 0 bridgehead atoms. The number of hydrogen-bond donors (Lipinski definition) is 2. The Hall–Kier alpha value is -1.60. The van der Waals surface area contributed by atoms with E-state index in [0.717, 1.165) is 11.8 Å². The van der Waals surface area contributed by atoms with Crippen LogP contribution in [0.15, 0.2) is 24.3 Å². The molecule has 3 heteroatoms. The van der Waals surface area contributed by atoms with Gasteiger partial charge in [-0.2, -0.15) is 0 Å². The largest absolute Gasteiger partial charge is 0.399 e. The SMILES string of the molecule is Cc1cccc(N)c1.N=C=O. The fourth-order valence-corrected chi connectivity index (χ4v) is 0.670. The molecule has 0 radical (unpaired) electrons. The fraction of sp³-hybridized carbons (Fsp3) is 0.125. The number of benzene rings is 1. The van der Waals surface area contributed by atoms with E-state index in [1.165, 1.54) is 5.56 Å². The lowest BCUT2D eigenvalue weighted by molar-refractivity contribution is 0.563. The van der Waals surface area contributed by atoms with E-state index in [-0.39, 0.29) is 0 Å². The van der Waals surface area contributed by atoms with Crippen LogP contribution in [0, 0.1) is 12.3 Å². The molecule has 58 valence electrons.